The van der Waals surface area contributed by atoms with Gasteiger partial charge in [0.1, 0.15) is 11.6 Å². The van der Waals surface area contributed by atoms with Crippen LogP contribution in [0.25, 0.3) is 10.8 Å². The molecule has 2 N–H and O–H groups in total. The van der Waals surface area contributed by atoms with E-state index >= 15 is 0 Å². The maximum absolute atomic E-state index is 9.42. The van der Waals surface area contributed by atoms with Gasteiger partial charge in [-0.3, -0.25) is 0 Å². The van der Waals surface area contributed by atoms with Crippen LogP contribution in [0.15, 0.2) is 30.5 Å². The van der Waals surface area contributed by atoms with Crippen LogP contribution < -0.4 is 5.43 Å². The number of rotatable bonds is 2. The van der Waals surface area contributed by atoms with Crippen molar-refractivity contribution in [3.63, 3.8) is 0 Å². The molecule has 2 rings (SSSR count). The van der Waals surface area contributed by atoms with Crippen LogP contribution in [0.1, 0.15) is 0 Å². The van der Waals surface area contributed by atoms with Crippen molar-refractivity contribution < 1.29 is 5.11 Å². The van der Waals surface area contributed by atoms with Gasteiger partial charge in [-0.05, 0) is 23.6 Å². The molecule has 15 heavy (non-hydrogen) atoms. The number of phenolic OH excluding ortho intramolecular Hbond substituents is 1. The van der Waals surface area contributed by atoms with Gasteiger partial charge in [-0.1, -0.05) is 6.07 Å². The van der Waals surface area contributed by atoms with Crippen molar-refractivity contribution in [2.24, 2.45) is 0 Å². The lowest BCUT2D eigenvalue weighted by Crippen LogP contribution is -2.20. The molecule has 78 valence electrons. The van der Waals surface area contributed by atoms with Crippen LogP contribution in [0, 0.1) is 0 Å². The highest BCUT2D eigenvalue weighted by atomic mass is 16.3. The zero-order valence-corrected chi connectivity index (χ0v) is 8.73. The summed E-state index contributed by atoms with van der Waals surface area (Å²) in [5.74, 6) is 0.991. The number of fused-ring (bicyclic) bond motifs is 1. The number of nitrogens with zero attached hydrogens (tertiary/aromatic N) is 2. The summed E-state index contributed by atoms with van der Waals surface area (Å²) in [6.45, 7) is 0. The maximum atomic E-state index is 9.42. The predicted molar refractivity (Wildman–Crippen MR) is 60.7 cm³/mol. The summed E-state index contributed by atoms with van der Waals surface area (Å²) in [5, 5.41) is 13.2. The SMILES string of the molecule is CN(C)Nc1nccc2ccc(O)cc12. The number of anilines is 1. The van der Waals surface area contributed by atoms with E-state index < -0.39 is 0 Å². The molecule has 0 unspecified atom stereocenters. The molecule has 0 aliphatic carbocycles. The molecule has 0 aliphatic heterocycles. The molecule has 0 saturated heterocycles. The maximum Gasteiger partial charge on any atom is 0.148 e. The van der Waals surface area contributed by atoms with E-state index in [2.05, 4.69) is 10.4 Å². The van der Waals surface area contributed by atoms with Gasteiger partial charge in [0.05, 0.1) is 0 Å². The minimum Gasteiger partial charge on any atom is -0.508 e. The van der Waals surface area contributed by atoms with E-state index in [1.165, 1.54) is 0 Å². The third-order valence-corrected chi connectivity index (χ3v) is 2.08. The summed E-state index contributed by atoms with van der Waals surface area (Å²) in [6.07, 6.45) is 1.74. The van der Waals surface area contributed by atoms with Gasteiger partial charge in [-0.2, -0.15) is 0 Å². The molecule has 0 atom stereocenters. The molecule has 1 heterocycles. The molecular weight excluding hydrogens is 190 g/mol. The molecule has 1 aromatic carbocycles. The second-order valence-electron chi connectivity index (χ2n) is 3.57. The highest BCUT2D eigenvalue weighted by molar-refractivity contribution is 5.92. The lowest BCUT2D eigenvalue weighted by Gasteiger charge is -2.14. The van der Waals surface area contributed by atoms with E-state index in [9.17, 15) is 5.11 Å². The van der Waals surface area contributed by atoms with Crippen molar-refractivity contribution in [2.45, 2.75) is 0 Å². The number of hydrogen-bond donors (Lipinski definition) is 2. The molecule has 4 heteroatoms. The van der Waals surface area contributed by atoms with Crippen LogP contribution in [-0.2, 0) is 0 Å². The van der Waals surface area contributed by atoms with Crippen LogP contribution in [0.2, 0.25) is 0 Å². The Morgan fingerprint density at radius 2 is 2.07 bits per heavy atom. The minimum absolute atomic E-state index is 0.248. The largest absolute Gasteiger partial charge is 0.508 e. The van der Waals surface area contributed by atoms with Crippen molar-refractivity contribution in [3.05, 3.63) is 30.5 Å². The molecule has 0 aliphatic rings. The third kappa shape index (κ3) is 1.99. The fourth-order valence-corrected chi connectivity index (χ4v) is 1.46. The Labute approximate surface area is 88.1 Å². The van der Waals surface area contributed by atoms with Crippen molar-refractivity contribution >= 4 is 16.6 Å². The van der Waals surface area contributed by atoms with E-state index in [0.717, 1.165) is 16.6 Å². The summed E-state index contributed by atoms with van der Waals surface area (Å²) in [4.78, 5) is 4.22. The molecule has 0 bridgehead atoms. The Hall–Kier alpha value is -1.81. The molecule has 2 aromatic rings. The molecule has 0 amide bonds. The topological polar surface area (TPSA) is 48.4 Å². The average Bonchev–Trinajstić information content (AvgIpc) is 2.18. The van der Waals surface area contributed by atoms with Gasteiger partial charge in [0.25, 0.3) is 0 Å². The normalized spacial score (nSPS) is 10.9. The molecule has 1 aromatic heterocycles. The number of aromatic nitrogens is 1. The van der Waals surface area contributed by atoms with Gasteiger partial charge < -0.3 is 10.5 Å². The quantitative estimate of drug-likeness (QED) is 0.731. The van der Waals surface area contributed by atoms with Gasteiger partial charge in [0.2, 0.25) is 0 Å². The zero-order chi connectivity index (χ0) is 10.8. The third-order valence-electron chi connectivity index (χ3n) is 2.08. The summed E-state index contributed by atoms with van der Waals surface area (Å²) < 4.78 is 0. The van der Waals surface area contributed by atoms with E-state index in [4.69, 9.17) is 0 Å². The first kappa shape index (κ1) is 9.73. The number of hydrogen-bond acceptors (Lipinski definition) is 4. The fraction of sp³-hybridized carbons (Fsp3) is 0.182. The standard InChI is InChI=1S/C11H13N3O/c1-14(2)13-11-10-7-9(15)4-3-8(10)5-6-12-11/h3-7,15H,1-2H3,(H,12,13). The number of aromatic hydroxyl groups is 1. The van der Waals surface area contributed by atoms with E-state index in [0.29, 0.717) is 0 Å². The lowest BCUT2D eigenvalue weighted by molar-refractivity contribution is 0.476. The van der Waals surface area contributed by atoms with Gasteiger partial charge >= 0.3 is 0 Å². The summed E-state index contributed by atoms with van der Waals surface area (Å²) in [5.41, 5.74) is 3.09. The Morgan fingerprint density at radius 1 is 1.27 bits per heavy atom. The number of benzene rings is 1. The Morgan fingerprint density at radius 3 is 2.80 bits per heavy atom. The average molecular weight is 203 g/mol. The van der Waals surface area contributed by atoms with Crippen molar-refractivity contribution in [3.8, 4) is 5.75 Å². The van der Waals surface area contributed by atoms with E-state index in [1.807, 2.05) is 31.2 Å². The molecule has 0 radical (unpaired) electrons. The minimum atomic E-state index is 0.248. The summed E-state index contributed by atoms with van der Waals surface area (Å²) >= 11 is 0. The summed E-state index contributed by atoms with van der Waals surface area (Å²) in [6, 6.07) is 7.15. The van der Waals surface area contributed by atoms with Crippen molar-refractivity contribution in [1.29, 1.82) is 0 Å². The number of hydrazine groups is 1. The van der Waals surface area contributed by atoms with Crippen LogP contribution in [-0.4, -0.2) is 29.2 Å². The number of pyridine rings is 1. The predicted octanol–water partition coefficient (Wildman–Crippen LogP) is 1.83. The number of nitrogens with one attached hydrogen (secondary N) is 1. The number of phenols is 1. The lowest BCUT2D eigenvalue weighted by atomic mass is 10.1. The van der Waals surface area contributed by atoms with Gasteiger partial charge in [-0.15, -0.1) is 0 Å². The highest BCUT2D eigenvalue weighted by Crippen LogP contribution is 2.24. The molecule has 4 nitrogen and oxygen atoms in total. The van der Waals surface area contributed by atoms with Crippen molar-refractivity contribution in [2.75, 3.05) is 19.5 Å². The Balaban J connectivity index is 2.58. The van der Waals surface area contributed by atoms with E-state index in [-0.39, 0.29) is 5.75 Å². The van der Waals surface area contributed by atoms with Crippen molar-refractivity contribution in [1.82, 2.24) is 9.99 Å². The molecule has 0 fully saturated rings. The fourth-order valence-electron chi connectivity index (χ4n) is 1.46. The van der Waals surface area contributed by atoms with Gasteiger partial charge in [-0.25, -0.2) is 9.99 Å². The van der Waals surface area contributed by atoms with Gasteiger partial charge in [0, 0.05) is 25.7 Å². The second-order valence-corrected chi connectivity index (χ2v) is 3.57. The first-order chi connectivity index (χ1) is 7.16. The van der Waals surface area contributed by atoms with E-state index in [1.54, 1.807) is 18.3 Å². The van der Waals surface area contributed by atoms with Crippen LogP contribution in [0.4, 0.5) is 5.82 Å². The van der Waals surface area contributed by atoms with Gasteiger partial charge in [0.15, 0.2) is 0 Å². The molecular formula is C11H13N3O. The second kappa shape index (κ2) is 3.74. The first-order valence-electron chi connectivity index (χ1n) is 4.68. The molecule has 0 saturated carbocycles. The zero-order valence-electron chi connectivity index (χ0n) is 8.73. The first-order valence-corrected chi connectivity index (χ1v) is 4.68. The summed E-state index contributed by atoms with van der Waals surface area (Å²) in [7, 11) is 3.78. The Kier molecular flexibility index (Phi) is 2.43. The van der Waals surface area contributed by atoms with Crippen LogP contribution in [0.3, 0.4) is 0 Å². The highest BCUT2D eigenvalue weighted by Gasteiger charge is 2.03. The Bertz CT molecular complexity index is 482. The monoisotopic (exact) mass is 203 g/mol. The van der Waals surface area contributed by atoms with Crippen LogP contribution >= 0.6 is 0 Å². The van der Waals surface area contributed by atoms with Crippen LogP contribution in [0.5, 0.6) is 5.75 Å². The molecule has 0 spiro atoms. The smallest absolute Gasteiger partial charge is 0.148 e.